The third kappa shape index (κ3) is 6.01. The molecule has 1 aliphatic heterocycles. The second-order valence-corrected chi connectivity index (χ2v) is 8.22. The zero-order valence-electron chi connectivity index (χ0n) is 19.0. The van der Waals surface area contributed by atoms with Crippen LogP contribution in [0.1, 0.15) is 30.2 Å². The molecule has 7 heteroatoms. The number of pyridine rings is 1. The van der Waals surface area contributed by atoms with Gasteiger partial charge in [-0.1, -0.05) is 18.2 Å². The molecule has 1 saturated heterocycles. The SMILES string of the molecule is CCNC(=NCc1ccc(C)cc1OCC1CCOC1)NCCc1cn2ccccc2n1. The van der Waals surface area contributed by atoms with Crippen LogP contribution in [-0.4, -0.2) is 48.3 Å². The molecular formula is C25H33N5O2. The van der Waals surface area contributed by atoms with Gasteiger partial charge in [0.15, 0.2) is 5.96 Å². The molecule has 4 rings (SSSR count). The molecule has 170 valence electrons. The molecule has 1 aromatic carbocycles. The molecule has 0 spiro atoms. The van der Waals surface area contributed by atoms with Gasteiger partial charge in [0, 0.05) is 50.0 Å². The Labute approximate surface area is 189 Å². The van der Waals surface area contributed by atoms with Crippen LogP contribution < -0.4 is 15.4 Å². The van der Waals surface area contributed by atoms with Gasteiger partial charge in [-0.2, -0.15) is 0 Å². The maximum atomic E-state index is 6.16. The highest BCUT2D eigenvalue weighted by Crippen LogP contribution is 2.23. The number of rotatable bonds is 9. The third-order valence-corrected chi connectivity index (χ3v) is 5.56. The second-order valence-electron chi connectivity index (χ2n) is 8.22. The second kappa shape index (κ2) is 11.0. The van der Waals surface area contributed by atoms with Crippen molar-refractivity contribution in [3.63, 3.8) is 0 Å². The lowest BCUT2D eigenvalue weighted by molar-refractivity contribution is 0.166. The number of aliphatic imine (C=N–C) groups is 1. The number of aryl methyl sites for hydroxylation is 1. The minimum absolute atomic E-state index is 0.477. The van der Waals surface area contributed by atoms with Crippen LogP contribution in [0.25, 0.3) is 5.65 Å². The Kier molecular flexibility index (Phi) is 7.61. The van der Waals surface area contributed by atoms with Crippen LogP contribution in [0.4, 0.5) is 0 Å². The third-order valence-electron chi connectivity index (χ3n) is 5.56. The minimum atomic E-state index is 0.477. The van der Waals surface area contributed by atoms with Crippen molar-refractivity contribution in [1.82, 2.24) is 20.0 Å². The van der Waals surface area contributed by atoms with E-state index >= 15 is 0 Å². The highest BCUT2D eigenvalue weighted by atomic mass is 16.5. The van der Waals surface area contributed by atoms with Gasteiger partial charge < -0.3 is 24.5 Å². The van der Waals surface area contributed by atoms with Gasteiger partial charge in [0.2, 0.25) is 0 Å². The predicted octanol–water partition coefficient (Wildman–Crippen LogP) is 3.36. The number of ether oxygens (including phenoxy) is 2. The summed E-state index contributed by atoms with van der Waals surface area (Å²) in [6, 6.07) is 12.4. The predicted molar refractivity (Wildman–Crippen MR) is 127 cm³/mol. The molecule has 3 aromatic rings. The van der Waals surface area contributed by atoms with E-state index in [2.05, 4.69) is 53.9 Å². The van der Waals surface area contributed by atoms with Crippen molar-refractivity contribution in [1.29, 1.82) is 0 Å². The van der Waals surface area contributed by atoms with Crippen LogP contribution >= 0.6 is 0 Å². The lowest BCUT2D eigenvalue weighted by atomic mass is 10.1. The number of hydrogen-bond donors (Lipinski definition) is 2. The summed E-state index contributed by atoms with van der Waals surface area (Å²) < 4.78 is 13.7. The van der Waals surface area contributed by atoms with Gasteiger partial charge in [0.1, 0.15) is 11.4 Å². The molecule has 3 heterocycles. The van der Waals surface area contributed by atoms with Crippen LogP contribution in [0, 0.1) is 12.8 Å². The number of nitrogens with zero attached hydrogens (tertiary/aromatic N) is 3. The summed E-state index contributed by atoms with van der Waals surface area (Å²) in [4.78, 5) is 9.45. The number of imidazole rings is 1. The van der Waals surface area contributed by atoms with Gasteiger partial charge in [0.25, 0.3) is 0 Å². The first-order valence-corrected chi connectivity index (χ1v) is 11.5. The Morgan fingerprint density at radius 3 is 3.03 bits per heavy atom. The number of hydrogen-bond acceptors (Lipinski definition) is 4. The molecule has 0 aliphatic carbocycles. The monoisotopic (exact) mass is 435 g/mol. The summed E-state index contributed by atoms with van der Waals surface area (Å²) in [5.74, 6) is 2.19. The largest absolute Gasteiger partial charge is 0.493 e. The first-order valence-electron chi connectivity index (χ1n) is 11.5. The number of aromatic nitrogens is 2. The average Bonchev–Trinajstić information content (AvgIpc) is 3.46. The number of fused-ring (bicyclic) bond motifs is 1. The van der Waals surface area contributed by atoms with E-state index in [1.807, 2.05) is 28.8 Å². The Bertz CT molecular complexity index is 1010. The molecule has 32 heavy (non-hydrogen) atoms. The molecule has 7 nitrogen and oxygen atoms in total. The molecule has 1 fully saturated rings. The summed E-state index contributed by atoms with van der Waals surface area (Å²) >= 11 is 0. The maximum absolute atomic E-state index is 6.16. The highest BCUT2D eigenvalue weighted by molar-refractivity contribution is 5.79. The van der Waals surface area contributed by atoms with E-state index in [4.69, 9.17) is 14.5 Å². The average molecular weight is 436 g/mol. The number of benzene rings is 1. The number of guanidine groups is 1. The Morgan fingerprint density at radius 1 is 1.28 bits per heavy atom. The van der Waals surface area contributed by atoms with Crippen LogP contribution in [0.2, 0.25) is 0 Å². The molecule has 1 unspecified atom stereocenters. The minimum Gasteiger partial charge on any atom is -0.493 e. The zero-order valence-corrected chi connectivity index (χ0v) is 19.0. The topological polar surface area (TPSA) is 72.2 Å². The van der Waals surface area contributed by atoms with Crippen LogP contribution in [0.15, 0.2) is 53.8 Å². The van der Waals surface area contributed by atoms with E-state index in [0.29, 0.717) is 19.1 Å². The molecule has 1 aliphatic rings. The van der Waals surface area contributed by atoms with Crippen molar-refractivity contribution in [2.75, 3.05) is 32.9 Å². The van der Waals surface area contributed by atoms with Crippen molar-refractivity contribution >= 4 is 11.6 Å². The van der Waals surface area contributed by atoms with Crippen molar-refractivity contribution in [3.8, 4) is 5.75 Å². The van der Waals surface area contributed by atoms with Gasteiger partial charge in [-0.15, -0.1) is 0 Å². The fourth-order valence-electron chi connectivity index (χ4n) is 3.77. The van der Waals surface area contributed by atoms with Gasteiger partial charge in [-0.05, 0) is 44.0 Å². The molecular weight excluding hydrogens is 402 g/mol. The van der Waals surface area contributed by atoms with Gasteiger partial charge >= 0.3 is 0 Å². The van der Waals surface area contributed by atoms with Crippen molar-refractivity contribution in [2.45, 2.75) is 33.2 Å². The van der Waals surface area contributed by atoms with E-state index in [1.165, 1.54) is 5.56 Å². The van der Waals surface area contributed by atoms with E-state index in [1.54, 1.807) is 0 Å². The molecule has 1 atom stereocenters. The van der Waals surface area contributed by atoms with Crippen LogP contribution in [-0.2, 0) is 17.7 Å². The van der Waals surface area contributed by atoms with E-state index in [9.17, 15) is 0 Å². The summed E-state index contributed by atoms with van der Waals surface area (Å²) in [6.07, 6.45) is 5.99. The fourth-order valence-corrected chi connectivity index (χ4v) is 3.77. The summed E-state index contributed by atoms with van der Waals surface area (Å²) in [7, 11) is 0. The van der Waals surface area contributed by atoms with Crippen LogP contribution in [0.5, 0.6) is 5.75 Å². The Balaban J connectivity index is 1.35. The van der Waals surface area contributed by atoms with E-state index in [0.717, 1.165) is 67.8 Å². The van der Waals surface area contributed by atoms with Crippen molar-refractivity contribution < 1.29 is 9.47 Å². The highest BCUT2D eigenvalue weighted by Gasteiger charge is 2.17. The Morgan fingerprint density at radius 2 is 2.22 bits per heavy atom. The summed E-state index contributed by atoms with van der Waals surface area (Å²) in [5.41, 5.74) is 4.31. The summed E-state index contributed by atoms with van der Waals surface area (Å²) in [6.45, 7) is 8.60. The van der Waals surface area contributed by atoms with Gasteiger partial charge in [0.05, 0.1) is 25.5 Å². The van der Waals surface area contributed by atoms with Gasteiger partial charge in [-0.3, -0.25) is 0 Å². The van der Waals surface area contributed by atoms with Gasteiger partial charge in [-0.25, -0.2) is 9.98 Å². The molecule has 2 N–H and O–H groups in total. The maximum Gasteiger partial charge on any atom is 0.191 e. The van der Waals surface area contributed by atoms with Crippen molar-refractivity contribution in [2.24, 2.45) is 10.9 Å². The first-order chi connectivity index (χ1) is 15.7. The molecule has 0 radical (unpaired) electrons. The molecule has 0 amide bonds. The smallest absolute Gasteiger partial charge is 0.191 e. The van der Waals surface area contributed by atoms with Crippen LogP contribution in [0.3, 0.4) is 0 Å². The van der Waals surface area contributed by atoms with Crippen molar-refractivity contribution in [3.05, 3.63) is 65.6 Å². The number of nitrogens with one attached hydrogen (secondary N) is 2. The quantitative estimate of drug-likeness (QED) is 0.398. The molecule has 2 aromatic heterocycles. The summed E-state index contributed by atoms with van der Waals surface area (Å²) in [5, 5.41) is 6.75. The lowest BCUT2D eigenvalue weighted by Crippen LogP contribution is -2.38. The lowest BCUT2D eigenvalue weighted by Gasteiger charge is -2.15. The fraction of sp³-hybridized carbons (Fsp3) is 0.440. The zero-order chi connectivity index (χ0) is 22.2. The Hall–Kier alpha value is -3.06. The molecule has 0 saturated carbocycles. The van der Waals surface area contributed by atoms with E-state index < -0.39 is 0 Å². The molecule has 0 bridgehead atoms. The normalized spacial score (nSPS) is 16.4. The standard InChI is InChI=1S/C25H33N5O2/c1-3-26-25(27-11-9-22-16-30-12-5-4-6-24(30)29-22)28-15-21-8-7-19(2)14-23(21)32-18-20-10-13-31-17-20/h4-8,12,14,16,20H,3,9-11,13,15,17-18H2,1-2H3,(H2,26,27,28). The first kappa shape index (κ1) is 22.1. The van der Waals surface area contributed by atoms with E-state index in [-0.39, 0.29) is 0 Å².